The summed E-state index contributed by atoms with van der Waals surface area (Å²) in [7, 11) is 0. The minimum Gasteiger partial charge on any atom is -0.303 e. The first-order valence-corrected chi connectivity index (χ1v) is 3.54. The second kappa shape index (κ2) is 3.44. The van der Waals surface area contributed by atoms with E-state index in [0.717, 1.165) is 18.6 Å². The van der Waals surface area contributed by atoms with E-state index in [1.165, 1.54) is 12.8 Å². The molecule has 1 nitrogen and oxygen atoms in total. The molecule has 9 heavy (non-hydrogen) atoms. The predicted octanol–water partition coefficient (Wildman–Crippen LogP) is 1.93. The Labute approximate surface area is 55.8 Å². The molecular weight excluding hydrogens is 112 g/mol. The number of aldehydes is 1. The molecule has 0 N–H and O–H groups in total. The summed E-state index contributed by atoms with van der Waals surface area (Å²) in [6, 6.07) is 0. The normalized spacial score (nSPS) is 18.7. The van der Waals surface area contributed by atoms with Gasteiger partial charge < -0.3 is 4.79 Å². The third-order valence-corrected chi connectivity index (χ3v) is 1.48. The van der Waals surface area contributed by atoms with E-state index in [0.29, 0.717) is 6.42 Å². The number of unbranched alkanes of at least 4 members (excludes halogenated alkanes) is 1. The predicted molar refractivity (Wildman–Crippen MR) is 37.2 cm³/mol. The van der Waals surface area contributed by atoms with Crippen molar-refractivity contribution in [2.24, 2.45) is 5.92 Å². The number of carbonyl (C=O) groups excluding carboxylic acids is 1. The van der Waals surface area contributed by atoms with Crippen LogP contribution in [0.25, 0.3) is 0 Å². The molecule has 0 unspecified atom stereocenters. The summed E-state index contributed by atoms with van der Waals surface area (Å²) in [5, 5.41) is 0. The third kappa shape index (κ3) is 3.07. The minimum absolute atomic E-state index is 0.684. The topological polar surface area (TPSA) is 17.1 Å². The number of rotatable bonds is 4. The van der Waals surface area contributed by atoms with Crippen molar-refractivity contribution in [1.82, 2.24) is 0 Å². The highest BCUT2D eigenvalue weighted by atomic mass is 16.1. The molecule has 0 radical (unpaired) electrons. The van der Waals surface area contributed by atoms with Crippen molar-refractivity contribution in [3.05, 3.63) is 12.2 Å². The van der Waals surface area contributed by atoms with E-state index in [-0.39, 0.29) is 0 Å². The molecule has 1 heteroatoms. The maximum absolute atomic E-state index is 9.83. The lowest BCUT2D eigenvalue weighted by molar-refractivity contribution is -0.107. The van der Waals surface area contributed by atoms with Crippen LogP contribution in [0.1, 0.15) is 25.7 Å². The average Bonchev–Trinajstić information content (AvgIpc) is 2.63. The van der Waals surface area contributed by atoms with Crippen LogP contribution < -0.4 is 0 Å². The van der Waals surface area contributed by atoms with E-state index in [9.17, 15) is 4.79 Å². The van der Waals surface area contributed by atoms with Crippen molar-refractivity contribution < 1.29 is 4.79 Å². The molecule has 0 bridgehead atoms. The molecule has 0 amide bonds. The van der Waals surface area contributed by atoms with Crippen molar-refractivity contribution in [2.75, 3.05) is 0 Å². The van der Waals surface area contributed by atoms with Gasteiger partial charge in [0.25, 0.3) is 0 Å². The van der Waals surface area contributed by atoms with Gasteiger partial charge in [-0.25, -0.2) is 0 Å². The first kappa shape index (κ1) is 6.53. The van der Waals surface area contributed by atoms with E-state index in [4.69, 9.17) is 0 Å². The fourth-order valence-electron chi connectivity index (χ4n) is 0.742. The summed E-state index contributed by atoms with van der Waals surface area (Å²) >= 11 is 0. The lowest BCUT2D eigenvalue weighted by Gasteiger charge is -1.80. The molecule has 0 heterocycles. The van der Waals surface area contributed by atoms with Crippen LogP contribution in [0, 0.1) is 5.92 Å². The zero-order valence-corrected chi connectivity index (χ0v) is 5.55. The van der Waals surface area contributed by atoms with E-state index in [2.05, 4.69) is 12.2 Å². The fourth-order valence-corrected chi connectivity index (χ4v) is 0.742. The van der Waals surface area contributed by atoms with Gasteiger partial charge in [-0.15, -0.1) is 0 Å². The highest BCUT2D eigenvalue weighted by Gasteiger charge is 2.16. The molecule has 50 valence electrons. The van der Waals surface area contributed by atoms with Gasteiger partial charge in [0.1, 0.15) is 6.29 Å². The molecule has 0 spiro atoms. The highest BCUT2D eigenvalue weighted by Crippen LogP contribution is 2.30. The molecule has 0 saturated heterocycles. The van der Waals surface area contributed by atoms with Crippen LogP contribution in [-0.4, -0.2) is 6.29 Å². The van der Waals surface area contributed by atoms with E-state index < -0.39 is 0 Å². The Morgan fingerprint density at radius 1 is 1.33 bits per heavy atom. The van der Waals surface area contributed by atoms with Crippen LogP contribution in [0.3, 0.4) is 0 Å². The first-order valence-electron chi connectivity index (χ1n) is 3.54. The van der Waals surface area contributed by atoms with Crippen molar-refractivity contribution in [2.45, 2.75) is 25.7 Å². The van der Waals surface area contributed by atoms with Gasteiger partial charge in [0.15, 0.2) is 0 Å². The molecule has 0 aromatic carbocycles. The average molecular weight is 124 g/mol. The standard InChI is InChI=1S/C8H12O/c9-7-3-1-2-4-8-5-6-8/h2,4,7-8H,1,3,5-6H2/b4-2+. The number of hydrogen-bond donors (Lipinski definition) is 0. The summed E-state index contributed by atoms with van der Waals surface area (Å²) in [4.78, 5) is 9.83. The van der Waals surface area contributed by atoms with Crippen LogP contribution in [0.2, 0.25) is 0 Å². The zero-order valence-electron chi connectivity index (χ0n) is 5.55. The Balaban J connectivity index is 1.95. The smallest absolute Gasteiger partial charge is 0.120 e. The molecule has 0 aromatic rings. The molecule has 0 aliphatic heterocycles. The lowest BCUT2D eigenvalue weighted by atomic mass is 10.3. The van der Waals surface area contributed by atoms with E-state index in [1.807, 2.05) is 0 Å². The SMILES string of the molecule is O=CCC/C=C/C1CC1. The van der Waals surface area contributed by atoms with Gasteiger partial charge in [0.2, 0.25) is 0 Å². The first-order chi connectivity index (χ1) is 4.43. The Hall–Kier alpha value is -0.590. The molecule has 1 rings (SSSR count). The summed E-state index contributed by atoms with van der Waals surface area (Å²) < 4.78 is 0. The van der Waals surface area contributed by atoms with Crippen LogP contribution in [0.5, 0.6) is 0 Å². The van der Waals surface area contributed by atoms with Gasteiger partial charge in [-0.1, -0.05) is 12.2 Å². The van der Waals surface area contributed by atoms with Crippen LogP contribution in [0.4, 0.5) is 0 Å². The van der Waals surface area contributed by atoms with Crippen LogP contribution in [0.15, 0.2) is 12.2 Å². The van der Waals surface area contributed by atoms with Gasteiger partial charge in [0.05, 0.1) is 0 Å². The quantitative estimate of drug-likeness (QED) is 0.318. The molecule has 1 saturated carbocycles. The van der Waals surface area contributed by atoms with Crippen LogP contribution >= 0.6 is 0 Å². The summed E-state index contributed by atoms with van der Waals surface area (Å²) in [6.45, 7) is 0. The Morgan fingerprint density at radius 3 is 2.67 bits per heavy atom. The molecule has 0 atom stereocenters. The monoisotopic (exact) mass is 124 g/mol. The summed E-state index contributed by atoms with van der Waals surface area (Å²) in [5.74, 6) is 0.858. The van der Waals surface area contributed by atoms with Gasteiger partial charge in [-0.05, 0) is 25.2 Å². The van der Waals surface area contributed by atoms with Gasteiger partial charge >= 0.3 is 0 Å². The van der Waals surface area contributed by atoms with Crippen LogP contribution in [-0.2, 0) is 4.79 Å². The molecule has 1 aliphatic carbocycles. The fraction of sp³-hybridized carbons (Fsp3) is 0.625. The Morgan fingerprint density at radius 2 is 2.11 bits per heavy atom. The summed E-state index contributed by atoms with van der Waals surface area (Å²) in [6.07, 6.45) is 9.64. The minimum atomic E-state index is 0.684. The van der Waals surface area contributed by atoms with Crippen molar-refractivity contribution >= 4 is 6.29 Å². The van der Waals surface area contributed by atoms with Crippen molar-refractivity contribution in [1.29, 1.82) is 0 Å². The van der Waals surface area contributed by atoms with E-state index in [1.54, 1.807) is 0 Å². The van der Waals surface area contributed by atoms with Crippen molar-refractivity contribution in [3.8, 4) is 0 Å². The maximum Gasteiger partial charge on any atom is 0.120 e. The number of allylic oxidation sites excluding steroid dienone is 2. The highest BCUT2D eigenvalue weighted by molar-refractivity contribution is 5.49. The molecule has 1 aliphatic rings. The zero-order chi connectivity index (χ0) is 6.53. The Bertz CT molecular complexity index is 112. The second-order valence-electron chi connectivity index (χ2n) is 2.51. The molecular formula is C8H12O. The third-order valence-electron chi connectivity index (χ3n) is 1.48. The maximum atomic E-state index is 9.83. The Kier molecular flexibility index (Phi) is 2.49. The largest absolute Gasteiger partial charge is 0.303 e. The van der Waals surface area contributed by atoms with Gasteiger partial charge in [-0.2, -0.15) is 0 Å². The van der Waals surface area contributed by atoms with Gasteiger partial charge in [0, 0.05) is 6.42 Å². The molecule has 1 fully saturated rings. The second-order valence-corrected chi connectivity index (χ2v) is 2.51. The summed E-state index contributed by atoms with van der Waals surface area (Å²) in [5.41, 5.74) is 0. The van der Waals surface area contributed by atoms with Crippen molar-refractivity contribution in [3.63, 3.8) is 0 Å². The molecule has 0 aromatic heterocycles. The van der Waals surface area contributed by atoms with Gasteiger partial charge in [-0.3, -0.25) is 0 Å². The lowest BCUT2D eigenvalue weighted by Crippen LogP contribution is -1.70. The number of hydrogen-bond acceptors (Lipinski definition) is 1. The van der Waals surface area contributed by atoms with E-state index >= 15 is 0 Å². The number of carbonyl (C=O) groups is 1.